The second-order valence-electron chi connectivity index (χ2n) is 5.18. The predicted molar refractivity (Wildman–Crippen MR) is 82.5 cm³/mol. The third-order valence-electron chi connectivity index (χ3n) is 3.44. The fourth-order valence-corrected chi connectivity index (χ4v) is 2.20. The molecule has 0 saturated heterocycles. The van der Waals surface area contributed by atoms with Gasteiger partial charge in [-0.1, -0.05) is 23.8 Å². The zero-order valence-electron chi connectivity index (χ0n) is 12.9. The molecule has 0 aliphatic rings. The molecule has 0 unspecified atom stereocenters. The number of hydrogen-bond acceptors (Lipinski definition) is 3. The second-order valence-corrected chi connectivity index (χ2v) is 5.18. The van der Waals surface area contributed by atoms with Gasteiger partial charge in [-0.15, -0.1) is 0 Å². The van der Waals surface area contributed by atoms with Crippen molar-refractivity contribution in [3.63, 3.8) is 0 Å². The van der Waals surface area contributed by atoms with Gasteiger partial charge in [0.1, 0.15) is 0 Å². The Labute approximate surface area is 125 Å². The Morgan fingerprint density at radius 1 is 1.24 bits per heavy atom. The predicted octanol–water partition coefficient (Wildman–Crippen LogP) is 2.98. The minimum absolute atomic E-state index is 0.0508. The number of pyridine rings is 1. The Balaban J connectivity index is 2.11. The number of ether oxygens (including phenoxy) is 1. The molecular formula is C17H20N2O2. The van der Waals surface area contributed by atoms with Crippen molar-refractivity contribution in [2.75, 3.05) is 14.2 Å². The highest BCUT2D eigenvalue weighted by Crippen LogP contribution is 2.15. The third kappa shape index (κ3) is 3.60. The zero-order valence-corrected chi connectivity index (χ0v) is 12.9. The van der Waals surface area contributed by atoms with E-state index in [-0.39, 0.29) is 5.91 Å². The molecule has 4 nitrogen and oxygen atoms in total. The van der Waals surface area contributed by atoms with Gasteiger partial charge in [-0.2, -0.15) is 0 Å². The lowest BCUT2D eigenvalue weighted by molar-refractivity contribution is 0.0784. The zero-order chi connectivity index (χ0) is 15.4. The van der Waals surface area contributed by atoms with Crippen LogP contribution >= 0.6 is 0 Å². The highest BCUT2D eigenvalue weighted by molar-refractivity contribution is 5.93. The van der Waals surface area contributed by atoms with Crippen molar-refractivity contribution in [2.45, 2.75) is 20.4 Å². The van der Waals surface area contributed by atoms with E-state index in [9.17, 15) is 4.79 Å². The lowest BCUT2D eigenvalue weighted by atomic mass is 10.1. The van der Waals surface area contributed by atoms with Crippen LogP contribution in [0.25, 0.3) is 0 Å². The number of benzene rings is 1. The normalized spacial score (nSPS) is 10.3. The molecule has 1 aromatic carbocycles. The van der Waals surface area contributed by atoms with Crippen LogP contribution in [0.1, 0.15) is 27.0 Å². The number of aromatic nitrogens is 1. The van der Waals surface area contributed by atoms with Gasteiger partial charge in [-0.25, -0.2) is 4.98 Å². The molecule has 0 radical (unpaired) electrons. The molecule has 0 saturated carbocycles. The summed E-state index contributed by atoms with van der Waals surface area (Å²) < 4.78 is 5.00. The fourth-order valence-electron chi connectivity index (χ4n) is 2.20. The van der Waals surface area contributed by atoms with Gasteiger partial charge in [0.2, 0.25) is 5.88 Å². The van der Waals surface area contributed by atoms with E-state index in [0.717, 1.165) is 5.56 Å². The Morgan fingerprint density at radius 2 is 2.00 bits per heavy atom. The first-order valence-corrected chi connectivity index (χ1v) is 6.83. The van der Waals surface area contributed by atoms with Gasteiger partial charge in [-0.05, 0) is 31.0 Å². The molecule has 4 heteroatoms. The summed E-state index contributed by atoms with van der Waals surface area (Å²) in [5.41, 5.74) is 4.13. The Morgan fingerprint density at radius 3 is 2.57 bits per heavy atom. The average Bonchev–Trinajstić information content (AvgIpc) is 2.49. The van der Waals surface area contributed by atoms with Crippen molar-refractivity contribution in [2.24, 2.45) is 0 Å². The Bertz CT molecular complexity index is 636. The van der Waals surface area contributed by atoms with Gasteiger partial charge in [0.15, 0.2) is 0 Å². The van der Waals surface area contributed by atoms with E-state index >= 15 is 0 Å². The summed E-state index contributed by atoms with van der Waals surface area (Å²) in [5.74, 6) is 0.453. The average molecular weight is 284 g/mol. The number of amides is 1. The van der Waals surface area contributed by atoms with E-state index in [1.165, 1.54) is 11.1 Å². The monoisotopic (exact) mass is 284 g/mol. The number of hydrogen-bond donors (Lipinski definition) is 0. The molecule has 0 bridgehead atoms. The van der Waals surface area contributed by atoms with E-state index in [2.05, 4.69) is 37.0 Å². The minimum atomic E-state index is -0.0508. The van der Waals surface area contributed by atoms with E-state index in [1.807, 2.05) is 0 Å². The van der Waals surface area contributed by atoms with Gasteiger partial charge < -0.3 is 9.64 Å². The standard InChI is InChI=1S/C17H20N2O2/c1-12-5-6-15(13(2)9-12)11-19(3)17(20)14-7-8-16(21-4)18-10-14/h5-10H,11H2,1-4H3. The van der Waals surface area contributed by atoms with Gasteiger partial charge in [0.05, 0.1) is 12.7 Å². The molecule has 0 aliphatic carbocycles. The van der Waals surface area contributed by atoms with E-state index in [0.29, 0.717) is 18.0 Å². The number of methoxy groups -OCH3 is 1. The molecule has 21 heavy (non-hydrogen) atoms. The molecule has 1 amide bonds. The van der Waals surface area contributed by atoms with Crippen molar-refractivity contribution in [3.8, 4) is 5.88 Å². The maximum atomic E-state index is 12.4. The van der Waals surface area contributed by atoms with E-state index in [1.54, 1.807) is 37.4 Å². The first kappa shape index (κ1) is 15.0. The smallest absolute Gasteiger partial charge is 0.255 e. The molecule has 2 rings (SSSR count). The molecule has 0 atom stereocenters. The van der Waals surface area contributed by atoms with Crippen LogP contribution < -0.4 is 4.74 Å². The lowest BCUT2D eigenvalue weighted by Gasteiger charge is -2.19. The van der Waals surface area contributed by atoms with E-state index < -0.39 is 0 Å². The van der Waals surface area contributed by atoms with Crippen LogP contribution in [-0.4, -0.2) is 29.9 Å². The molecule has 0 N–H and O–H groups in total. The highest BCUT2D eigenvalue weighted by Gasteiger charge is 2.13. The topological polar surface area (TPSA) is 42.4 Å². The van der Waals surface area contributed by atoms with Gasteiger partial charge >= 0.3 is 0 Å². The first-order chi connectivity index (χ1) is 10.0. The van der Waals surface area contributed by atoms with Crippen molar-refractivity contribution in [1.82, 2.24) is 9.88 Å². The summed E-state index contributed by atoms with van der Waals surface area (Å²) in [6, 6.07) is 9.68. The van der Waals surface area contributed by atoms with Crippen molar-refractivity contribution in [1.29, 1.82) is 0 Å². The third-order valence-corrected chi connectivity index (χ3v) is 3.44. The maximum Gasteiger partial charge on any atom is 0.255 e. The summed E-state index contributed by atoms with van der Waals surface area (Å²) in [5, 5.41) is 0. The van der Waals surface area contributed by atoms with Crippen molar-refractivity contribution in [3.05, 3.63) is 58.8 Å². The summed E-state index contributed by atoms with van der Waals surface area (Å²) in [7, 11) is 3.35. The van der Waals surface area contributed by atoms with Crippen LogP contribution in [0.4, 0.5) is 0 Å². The van der Waals surface area contributed by atoms with Gasteiger partial charge in [-0.3, -0.25) is 4.79 Å². The number of nitrogens with zero attached hydrogens (tertiary/aromatic N) is 2. The molecule has 2 aromatic rings. The molecule has 1 aromatic heterocycles. The fraction of sp³-hybridized carbons (Fsp3) is 0.294. The van der Waals surface area contributed by atoms with Crippen LogP contribution in [0.2, 0.25) is 0 Å². The van der Waals surface area contributed by atoms with Crippen LogP contribution in [0.15, 0.2) is 36.5 Å². The lowest BCUT2D eigenvalue weighted by Crippen LogP contribution is -2.26. The first-order valence-electron chi connectivity index (χ1n) is 6.83. The minimum Gasteiger partial charge on any atom is -0.481 e. The van der Waals surface area contributed by atoms with Gasteiger partial charge in [0, 0.05) is 25.9 Å². The Kier molecular flexibility index (Phi) is 4.58. The van der Waals surface area contributed by atoms with Crippen molar-refractivity contribution >= 4 is 5.91 Å². The maximum absolute atomic E-state index is 12.4. The summed E-state index contributed by atoms with van der Waals surface area (Å²) in [6.45, 7) is 4.71. The number of aryl methyl sites for hydroxylation is 2. The molecule has 0 fully saturated rings. The largest absolute Gasteiger partial charge is 0.481 e. The SMILES string of the molecule is COc1ccc(C(=O)N(C)Cc2ccc(C)cc2C)cn1. The summed E-state index contributed by atoms with van der Waals surface area (Å²) >= 11 is 0. The van der Waals surface area contributed by atoms with Crippen LogP contribution in [0, 0.1) is 13.8 Å². The highest BCUT2D eigenvalue weighted by atomic mass is 16.5. The molecular weight excluding hydrogens is 264 g/mol. The number of rotatable bonds is 4. The molecule has 110 valence electrons. The van der Waals surface area contributed by atoms with Crippen molar-refractivity contribution < 1.29 is 9.53 Å². The van der Waals surface area contributed by atoms with Crippen LogP contribution in [-0.2, 0) is 6.54 Å². The quantitative estimate of drug-likeness (QED) is 0.867. The second kappa shape index (κ2) is 6.39. The molecule has 0 aliphatic heterocycles. The molecule has 1 heterocycles. The van der Waals surface area contributed by atoms with Crippen LogP contribution in [0.3, 0.4) is 0 Å². The van der Waals surface area contributed by atoms with E-state index in [4.69, 9.17) is 4.74 Å². The summed E-state index contributed by atoms with van der Waals surface area (Å²) in [4.78, 5) is 18.1. The number of carbonyl (C=O) groups is 1. The van der Waals surface area contributed by atoms with Crippen LogP contribution in [0.5, 0.6) is 5.88 Å². The Hall–Kier alpha value is -2.36. The summed E-state index contributed by atoms with van der Waals surface area (Å²) in [6.07, 6.45) is 1.54. The van der Waals surface area contributed by atoms with Gasteiger partial charge in [0.25, 0.3) is 5.91 Å². The molecule has 0 spiro atoms. The number of carbonyl (C=O) groups excluding carboxylic acids is 1.